The lowest BCUT2D eigenvalue weighted by molar-refractivity contribution is -0.141. The minimum atomic E-state index is -4.84. The lowest BCUT2D eigenvalue weighted by Crippen LogP contribution is -2.08. The van der Waals surface area contributed by atoms with E-state index in [4.69, 9.17) is 0 Å². The number of aromatic nitrogens is 1. The van der Waals surface area contributed by atoms with Crippen LogP contribution in [0.15, 0.2) is 24.3 Å². The van der Waals surface area contributed by atoms with Crippen LogP contribution in [0.3, 0.4) is 0 Å². The first-order valence-electron chi connectivity index (χ1n) is 5.34. The highest BCUT2D eigenvalue weighted by Gasteiger charge is 2.38. The molecule has 1 aromatic carbocycles. The SMILES string of the molecule is O=Cc1sc(-c2cccc(C(F)(F)F)c2)nc1C(F)(F)F. The molecule has 0 radical (unpaired) electrons. The van der Waals surface area contributed by atoms with Crippen LogP contribution < -0.4 is 0 Å². The molecule has 0 spiro atoms. The van der Waals surface area contributed by atoms with Crippen LogP contribution in [0.5, 0.6) is 0 Å². The molecule has 0 amide bonds. The number of alkyl halides is 6. The molecule has 0 saturated heterocycles. The summed E-state index contributed by atoms with van der Waals surface area (Å²) >= 11 is 0.392. The largest absolute Gasteiger partial charge is 0.434 e. The average molecular weight is 325 g/mol. The normalized spacial score (nSPS) is 12.5. The number of carbonyl (C=O) groups excluding carboxylic acids is 1. The van der Waals surface area contributed by atoms with E-state index in [0.29, 0.717) is 17.4 Å². The first-order valence-corrected chi connectivity index (χ1v) is 6.15. The Balaban J connectivity index is 2.53. The molecule has 0 unspecified atom stereocenters. The first-order chi connectivity index (χ1) is 9.63. The van der Waals surface area contributed by atoms with E-state index >= 15 is 0 Å². The summed E-state index contributed by atoms with van der Waals surface area (Å²) < 4.78 is 75.6. The molecule has 2 rings (SSSR count). The summed E-state index contributed by atoms with van der Waals surface area (Å²) in [5, 5.41) is -0.296. The monoisotopic (exact) mass is 325 g/mol. The molecule has 0 N–H and O–H groups in total. The van der Waals surface area contributed by atoms with Crippen LogP contribution >= 0.6 is 11.3 Å². The number of carbonyl (C=O) groups is 1. The molecule has 0 aliphatic heterocycles. The molecular formula is C12H5F6NOS. The summed E-state index contributed by atoms with van der Waals surface area (Å²) in [6, 6.07) is 3.74. The molecule has 0 fully saturated rings. The Morgan fingerprint density at radius 1 is 1.05 bits per heavy atom. The van der Waals surface area contributed by atoms with Crippen molar-refractivity contribution in [3.8, 4) is 10.6 Å². The van der Waals surface area contributed by atoms with Crippen molar-refractivity contribution in [1.29, 1.82) is 0 Å². The van der Waals surface area contributed by atoms with Gasteiger partial charge >= 0.3 is 12.4 Å². The highest BCUT2D eigenvalue weighted by atomic mass is 32.1. The molecular weight excluding hydrogens is 320 g/mol. The number of hydrogen-bond acceptors (Lipinski definition) is 3. The summed E-state index contributed by atoms with van der Waals surface area (Å²) in [6.45, 7) is 0. The van der Waals surface area contributed by atoms with Gasteiger partial charge in [-0.1, -0.05) is 12.1 Å². The van der Waals surface area contributed by atoms with Gasteiger partial charge in [-0.2, -0.15) is 26.3 Å². The number of thiazole rings is 1. The molecule has 2 nitrogen and oxygen atoms in total. The highest BCUT2D eigenvalue weighted by Crippen LogP contribution is 2.38. The molecule has 112 valence electrons. The third kappa shape index (κ3) is 3.23. The van der Waals surface area contributed by atoms with Crippen LogP contribution in [-0.2, 0) is 12.4 Å². The van der Waals surface area contributed by atoms with E-state index in [1.165, 1.54) is 6.07 Å². The summed E-state index contributed by atoms with van der Waals surface area (Å²) in [6.07, 6.45) is -9.47. The zero-order valence-corrected chi connectivity index (χ0v) is 10.7. The average Bonchev–Trinajstić information content (AvgIpc) is 2.82. The van der Waals surface area contributed by atoms with Crippen LogP contribution in [0.2, 0.25) is 0 Å². The summed E-state index contributed by atoms with van der Waals surface area (Å²) in [5.74, 6) is 0. The van der Waals surface area contributed by atoms with E-state index in [0.717, 1.165) is 12.1 Å². The van der Waals surface area contributed by atoms with Crippen LogP contribution in [0.25, 0.3) is 10.6 Å². The number of halogens is 6. The van der Waals surface area contributed by atoms with Gasteiger partial charge in [-0.05, 0) is 12.1 Å². The molecule has 1 heterocycles. The highest BCUT2D eigenvalue weighted by molar-refractivity contribution is 7.16. The van der Waals surface area contributed by atoms with E-state index in [2.05, 4.69) is 4.98 Å². The van der Waals surface area contributed by atoms with Crippen LogP contribution in [-0.4, -0.2) is 11.3 Å². The van der Waals surface area contributed by atoms with E-state index in [9.17, 15) is 31.1 Å². The minimum Gasteiger partial charge on any atom is -0.297 e. The smallest absolute Gasteiger partial charge is 0.297 e. The van der Waals surface area contributed by atoms with Crippen LogP contribution in [0.1, 0.15) is 20.9 Å². The fraction of sp³-hybridized carbons (Fsp3) is 0.167. The molecule has 21 heavy (non-hydrogen) atoms. The van der Waals surface area contributed by atoms with Crippen molar-refractivity contribution in [3.05, 3.63) is 40.4 Å². The van der Waals surface area contributed by atoms with Crippen molar-refractivity contribution < 1.29 is 31.1 Å². The Labute approximate surface area is 118 Å². The zero-order valence-electron chi connectivity index (χ0n) is 9.92. The maximum atomic E-state index is 12.6. The first kappa shape index (κ1) is 15.5. The maximum absolute atomic E-state index is 12.6. The van der Waals surface area contributed by atoms with Crippen LogP contribution in [0.4, 0.5) is 26.3 Å². The summed E-state index contributed by atoms with van der Waals surface area (Å²) in [5.41, 5.74) is -2.53. The molecule has 0 saturated carbocycles. The van der Waals surface area contributed by atoms with E-state index in [1.54, 1.807) is 0 Å². The van der Waals surface area contributed by atoms with Gasteiger partial charge in [0.15, 0.2) is 12.0 Å². The van der Waals surface area contributed by atoms with Gasteiger partial charge in [0.1, 0.15) is 5.01 Å². The fourth-order valence-electron chi connectivity index (χ4n) is 1.57. The van der Waals surface area contributed by atoms with Crippen molar-refractivity contribution in [2.45, 2.75) is 12.4 Å². The maximum Gasteiger partial charge on any atom is 0.434 e. The third-order valence-corrected chi connectivity index (χ3v) is 3.50. The Morgan fingerprint density at radius 3 is 2.19 bits per heavy atom. The Kier molecular flexibility index (Phi) is 3.79. The lowest BCUT2D eigenvalue weighted by Gasteiger charge is -2.07. The summed E-state index contributed by atoms with van der Waals surface area (Å²) in [7, 11) is 0. The topological polar surface area (TPSA) is 30.0 Å². The van der Waals surface area contributed by atoms with Gasteiger partial charge in [-0.3, -0.25) is 4.79 Å². The van der Waals surface area contributed by atoms with Gasteiger partial charge in [-0.25, -0.2) is 4.98 Å². The van der Waals surface area contributed by atoms with Gasteiger partial charge in [0.2, 0.25) is 0 Å². The quantitative estimate of drug-likeness (QED) is 0.594. The zero-order chi connectivity index (χ0) is 15.8. The molecule has 0 atom stereocenters. The second-order valence-electron chi connectivity index (χ2n) is 3.93. The van der Waals surface area contributed by atoms with Crippen molar-refractivity contribution in [2.75, 3.05) is 0 Å². The second-order valence-corrected chi connectivity index (χ2v) is 4.96. The van der Waals surface area contributed by atoms with Gasteiger partial charge in [0, 0.05) is 5.56 Å². The Hall–Kier alpha value is -1.90. The molecule has 1 aromatic heterocycles. The standard InChI is InChI=1S/C12H5F6NOS/c13-11(14,15)7-3-1-2-6(4-7)10-19-9(12(16,17)18)8(5-20)21-10/h1-5H. The van der Waals surface area contributed by atoms with Crippen molar-refractivity contribution in [2.24, 2.45) is 0 Å². The predicted molar refractivity (Wildman–Crippen MR) is 62.9 cm³/mol. The molecule has 2 aromatic rings. The lowest BCUT2D eigenvalue weighted by atomic mass is 10.1. The molecule has 0 bridgehead atoms. The van der Waals surface area contributed by atoms with Crippen molar-refractivity contribution in [3.63, 3.8) is 0 Å². The number of aldehydes is 1. The van der Waals surface area contributed by atoms with E-state index in [-0.39, 0.29) is 16.9 Å². The van der Waals surface area contributed by atoms with Crippen molar-refractivity contribution >= 4 is 17.6 Å². The molecule has 9 heteroatoms. The predicted octanol–water partition coefficient (Wildman–Crippen LogP) is 4.66. The third-order valence-electron chi connectivity index (χ3n) is 2.47. The molecule has 0 aliphatic carbocycles. The Morgan fingerprint density at radius 2 is 1.71 bits per heavy atom. The second kappa shape index (κ2) is 5.14. The fourth-order valence-corrected chi connectivity index (χ4v) is 2.46. The number of benzene rings is 1. The number of hydrogen-bond donors (Lipinski definition) is 0. The van der Waals surface area contributed by atoms with Gasteiger partial charge in [0.05, 0.1) is 10.4 Å². The van der Waals surface area contributed by atoms with Crippen molar-refractivity contribution in [1.82, 2.24) is 4.98 Å². The number of nitrogens with zero attached hydrogens (tertiary/aromatic N) is 1. The summed E-state index contributed by atoms with van der Waals surface area (Å²) in [4.78, 5) is 13.2. The van der Waals surface area contributed by atoms with Gasteiger partial charge < -0.3 is 0 Å². The van der Waals surface area contributed by atoms with Crippen LogP contribution in [0, 0.1) is 0 Å². The molecule has 0 aliphatic rings. The Bertz CT molecular complexity index is 673. The van der Waals surface area contributed by atoms with E-state index in [1.807, 2.05) is 0 Å². The number of rotatable bonds is 2. The van der Waals surface area contributed by atoms with E-state index < -0.39 is 28.5 Å². The minimum absolute atomic E-state index is 0.0163. The van der Waals surface area contributed by atoms with Gasteiger partial charge in [0.25, 0.3) is 0 Å². The van der Waals surface area contributed by atoms with Gasteiger partial charge in [-0.15, -0.1) is 11.3 Å².